The number of nitro benzene ring substituents is 1. The second-order valence-corrected chi connectivity index (χ2v) is 7.10. The minimum absolute atomic E-state index is 0.125. The van der Waals surface area contributed by atoms with Gasteiger partial charge in [0.25, 0.3) is 16.8 Å². The Kier molecular flexibility index (Phi) is 4.77. The van der Waals surface area contributed by atoms with Crippen LogP contribution in [0.3, 0.4) is 0 Å². The van der Waals surface area contributed by atoms with Crippen LogP contribution >= 0.6 is 11.8 Å². The molecule has 2 aromatic rings. The summed E-state index contributed by atoms with van der Waals surface area (Å²) in [6.07, 6.45) is 1.54. The van der Waals surface area contributed by atoms with Gasteiger partial charge < -0.3 is 9.47 Å². The van der Waals surface area contributed by atoms with E-state index in [0.29, 0.717) is 17.1 Å². The number of ketones is 1. The van der Waals surface area contributed by atoms with Gasteiger partial charge in [-0.05, 0) is 47.7 Å². The molecule has 2 aliphatic heterocycles. The van der Waals surface area contributed by atoms with Gasteiger partial charge in [-0.1, -0.05) is 6.07 Å². The Balaban J connectivity index is 1.49. The van der Waals surface area contributed by atoms with Crippen molar-refractivity contribution < 1.29 is 28.8 Å². The first kappa shape index (κ1) is 18.7. The molecule has 2 heterocycles. The normalized spacial score (nSPS) is 16.6. The topological polar surface area (TPSA) is 116 Å². The second-order valence-electron chi connectivity index (χ2n) is 6.11. The summed E-state index contributed by atoms with van der Waals surface area (Å²) in [5, 5.41) is 10.1. The number of amides is 2. The van der Waals surface area contributed by atoms with Crippen LogP contribution in [0.5, 0.6) is 11.5 Å². The smallest absolute Gasteiger partial charge is 0.293 e. The summed E-state index contributed by atoms with van der Waals surface area (Å²) in [6.45, 7) is -0.318. The number of ether oxygens (including phenoxy) is 2. The summed E-state index contributed by atoms with van der Waals surface area (Å²) in [7, 11) is 0. The summed E-state index contributed by atoms with van der Waals surface area (Å²) < 4.78 is 10.5. The predicted octanol–water partition coefficient (Wildman–Crippen LogP) is 3.24. The van der Waals surface area contributed by atoms with Gasteiger partial charge >= 0.3 is 0 Å². The molecule has 0 spiro atoms. The summed E-state index contributed by atoms with van der Waals surface area (Å²) in [4.78, 5) is 48.4. The van der Waals surface area contributed by atoms with Crippen LogP contribution < -0.4 is 9.47 Å². The zero-order chi connectivity index (χ0) is 20.5. The van der Waals surface area contributed by atoms with Gasteiger partial charge in [0, 0.05) is 17.7 Å². The number of hydrogen-bond donors (Lipinski definition) is 0. The van der Waals surface area contributed by atoms with Crippen LogP contribution in [0.4, 0.5) is 10.5 Å². The van der Waals surface area contributed by atoms with Crippen molar-refractivity contribution in [1.29, 1.82) is 0 Å². The molecule has 0 aromatic heterocycles. The van der Waals surface area contributed by atoms with E-state index in [1.807, 2.05) is 0 Å². The van der Waals surface area contributed by atoms with Gasteiger partial charge in [0.1, 0.15) is 0 Å². The van der Waals surface area contributed by atoms with Crippen molar-refractivity contribution >= 4 is 40.5 Å². The van der Waals surface area contributed by atoms with Gasteiger partial charge in [-0.25, -0.2) is 0 Å². The Morgan fingerprint density at radius 1 is 1.14 bits per heavy atom. The zero-order valence-corrected chi connectivity index (χ0v) is 15.5. The lowest BCUT2D eigenvalue weighted by Crippen LogP contribution is -2.33. The number of Topliss-reactive ketones (excluding diaryl/α,β-unsaturated/α-hetero) is 1. The first-order chi connectivity index (χ1) is 13.9. The third kappa shape index (κ3) is 3.69. The van der Waals surface area contributed by atoms with Gasteiger partial charge in [0.05, 0.1) is 16.4 Å². The molecule has 2 amide bonds. The third-order valence-electron chi connectivity index (χ3n) is 4.27. The number of non-ortho nitro benzene ring substituents is 1. The monoisotopic (exact) mass is 412 g/mol. The highest BCUT2D eigenvalue weighted by molar-refractivity contribution is 8.18. The molecule has 0 radical (unpaired) electrons. The standard InChI is InChI=1S/C19H12N2O7S/c22-14(12-2-4-13(5-3-12)21(25)26)9-20-18(23)17(29-19(20)24)8-11-1-6-15-16(7-11)28-10-27-15/h1-8H,9-10H2/b17-8+. The van der Waals surface area contributed by atoms with E-state index in [9.17, 15) is 24.5 Å². The molecular formula is C19H12N2O7S. The molecule has 2 aromatic carbocycles. The molecule has 10 heteroatoms. The average Bonchev–Trinajstić information content (AvgIpc) is 3.27. The van der Waals surface area contributed by atoms with E-state index in [1.165, 1.54) is 24.3 Å². The molecule has 1 saturated heterocycles. The molecule has 0 aliphatic carbocycles. The molecule has 0 atom stereocenters. The van der Waals surface area contributed by atoms with Crippen molar-refractivity contribution in [2.45, 2.75) is 0 Å². The van der Waals surface area contributed by atoms with Crippen LogP contribution in [0.2, 0.25) is 0 Å². The van der Waals surface area contributed by atoms with E-state index >= 15 is 0 Å². The molecule has 29 heavy (non-hydrogen) atoms. The maximum absolute atomic E-state index is 12.6. The molecule has 0 unspecified atom stereocenters. The van der Waals surface area contributed by atoms with Crippen molar-refractivity contribution in [2.24, 2.45) is 0 Å². The van der Waals surface area contributed by atoms with E-state index in [-0.39, 0.29) is 22.9 Å². The van der Waals surface area contributed by atoms with Crippen LogP contribution in [0.1, 0.15) is 15.9 Å². The van der Waals surface area contributed by atoms with E-state index < -0.39 is 28.4 Å². The van der Waals surface area contributed by atoms with Gasteiger partial charge in [0.2, 0.25) is 6.79 Å². The lowest BCUT2D eigenvalue weighted by molar-refractivity contribution is -0.384. The van der Waals surface area contributed by atoms with Gasteiger partial charge in [-0.2, -0.15) is 0 Å². The fraction of sp³-hybridized carbons (Fsp3) is 0.105. The molecule has 0 bridgehead atoms. The highest BCUT2D eigenvalue weighted by Gasteiger charge is 2.36. The summed E-state index contributed by atoms with van der Waals surface area (Å²) in [5.41, 5.74) is 0.676. The molecule has 146 valence electrons. The van der Waals surface area contributed by atoms with Crippen LogP contribution in [0, 0.1) is 10.1 Å². The summed E-state index contributed by atoms with van der Waals surface area (Å²) in [6, 6.07) is 10.1. The molecule has 4 rings (SSSR count). The predicted molar refractivity (Wildman–Crippen MR) is 103 cm³/mol. The Morgan fingerprint density at radius 3 is 2.59 bits per heavy atom. The maximum atomic E-state index is 12.6. The lowest BCUT2D eigenvalue weighted by Gasteiger charge is -2.11. The number of carbonyl (C=O) groups is 3. The number of carbonyl (C=O) groups excluding carboxylic acids is 3. The molecule has 9 nitrogen and oxygen atoms in total. The third-order valence-corrected chi connectivity index (χ3v) is 5.18. The number of nitro groups is 1. The quantitative estimate of drug-likeness (QED) is 0.318. The maximum Gasteiger partial charge on any atom is 0.293 e. The number of benzene rings is 2. The fourth-order valence-electron chi connectivity index (χ4n) is 2.79. The minimum atomic E-state index is -0.578. The Bertz CT molecular complexity index is 1080. The van der Waals surface area contributed by atoms with E-state index in [1.54, 1.807) is 24.3 Å². The van der Waals surface area contributed by atoms with Crippen molar-refractivity contribution in [1.82, 2.24) is 4.90 Å². The average molecular weight is 412 g/mol. The van der Waals surface area contributed by atoms with Crippen LogP contribution in [0.25, 0.3) is 6.08 Å². The first-order valence-electron chi connectivity index (χ1n) is 8.35. The number of fused-ring (bicyclic) bond motifs is 1. The lowest BCUT2D eigenvalue weighted by atomic mass is 10.1. The van der Waals surface area contributed by atoms with E-state index in [0.717, 1.165) is 16.7 Å². The molecule has 1 fully saturated rings. The molecule has 2 aliphatic rings. The fourth-order valence-corrected chi connectivity index (χ4v) is 3.63. The summed E-state index contributed by atoms with van der Waals surface area (Å²) >= 11 is 0.738. The molecule has 0 N–H and O–H groups in total. The van der Waals surface area contributed by atoms with Gasteiger partial charge in [-0.3, -0.25) is 29.4 Å². The zero-order valence-electron chi connectivity index (χ0n) is 14.7. The minimum Gasteiger partial charge on any atom is -0.454 e. The largest absolute Gasteiger partial charge is 0.454 e. The van der Waals surface area contributed by atoms with Crippen molar-refractivity contribution in [3.05, 3.63) is 68.6 Å². The Labute approximate surface area is 168 Å². The van der Waals surface area contributed by atoms with Gasteiger partial charge in [-0.15, -0.1) is 0 Å². The Hall–Kier alpha value is -3.66. The van der Waals surface area contributed by atoms with E-state index in [2.05, 4.69) is 0 Å². The highest BCUT2D eigenvalue weighted by Crippen LogP contribution is 2.36. The number of rotatable bonds is 5. The summed E-state index contributed by atoms with van der Waals surface area (Å²) in [5.74, 6) is 0.0785. The number of thioether (sulfide) groups is 1. The molecular weight excluding hydrogens is 400 g/mol. The number of imide groups is 1. The van der Waals surface area contributed by atoms with Crippen molar-refractivity contribution in [3.8, 4) is 11.5 Å². The SMILES string of the molecule is O=C(CN1C(=O)S/C(=C/c2ccc3c(c2)OCO3)C1=O)c1ccc([N+](=O)[O-])cc1. The van der Waals surface area contributed by atoms with Crippen molar-refractivity contribution in [2.75, 3.05) is 13.3 Å². The second kappa shape index (κ2) is 7.40. The number of hydrogen-bond acceptors (Lipinski definition) is 8. The molecule has 0 saturated carbocycles. The van der Waals surface area contributed by atoms with Crippen molar-refractivity contribution in [3.63, 3.8) is 0 Å². The van der Waals surface area contributed by atoms with Gasteiger partial charge in [0.15, 0.2) is 17.3 Å². The highest BCUT2D eigenvalue weighted by atomic mass is 32.2. The van der Waals surface area contributed by atoms with Crippen LogP contribution in [-0.2, 0) is 4.79 Å². The Morgan fingerprint density at radius 2 is 1.86 bits per heavy atom. The van der Waals surface area contributed by atoms with Crippen LogP contribution in [0.15, 0.2) is 47.4 Å². The first-order valence-corrected chi connectivity index (χ1v) is 9.17. The number of nitrogens with zero attached hydrogens (tertiary/aromatic N) is 2. The van der Waals surface area contributed by atoms with E-state index in [4.69, 9.17) is 9.47 Å². The van der Waals surface area contributed by atoms with Crippen LogP contribution in [-0.4, -0.2) is 40.1 Å².